The van der Waals surface area contributed by atoms with Gasteiger partial charge in [-0.25, -0.2) is 9.59 Å². The van der Waals surface area contributed by atoms with E-state index >= 15 is 0 Å². The molecular weight excluding hydrogens is 1990 g/mol. The standard InChI is InChI=1S/C28H23Cl2N3O4.C28H22Cl2N2O5.C21H17Cl2N3O4.C14H10Cl2O2.C14H14N2O4/c1-31-28(35)26-27(37-15-17-7-3-2-4-8-17)23(34)11-12-33(26)32-25-19-10-6-5-9-18(19)16-36-24-14-22(30)21(29)13-20(24)25;1-35-28(34)26-27(37-15-17-7-3-2-4-8-17)23(33)11-12-32(26)31-25-19-10-6-5-9-18(19)16-36-24-14-22(30)21(29)13-20(24)25;1-24-21(29)19-20(28)16(27)6-7-26(19)25-18-12-5-3-2-4-11(12)10-30-17-9-15(23)14(22)8-13(17)18;15-11-5-10-13(6-12(11)16)18-7-8-3-1-2-4-9(8)14(10)17;1-19-14(18)12-13(11(17)7-8-16(12)15)20-9-10-5-3-2-4-6-10/h2-14,25,32H,15-16H2,1H3,(H,31,35);2-14,25,31H,15-16H2,1H3;2-9,18,25,28H,10H2,1H3,(H,24,29);1-6,14,17H,7H2;2-8H,9,15H2,1H3. The van der Waals surface area contributed by atoms with Crippen LogP contribution in [0.4, 0.5) is 0 Å². The molecule has 29 nitrogen and oxygen atoms in total. The molecule has 8 heterocycles. The van der Waals surface area contributed by atoms with Gasteiger partial charge in [-0.15, -0.1) is 0 Å². The second-order valence-corrected chi connectivity index (χ2v) is 34.9. The van der Waals surface area contributed by atoms with Crippen LogP contribution in [0.15, 0.2) is 305 Å². The van der Waals surface area contributed by atoms with Gasteiger partial charge in [-0.05, 0) is 85.5 Å². The van der Waals surface area contributed by atoms with Crippen LogP contribution in [0.2, 0.25) is 40.2 Å². The lowest BCUT2D eigenvalue weighted by molar-refractivity contribution is 0.0573. The highest BCUT2D eigenvalue weighted by atomic mass is 35.5. The molecule has 4 unspecified atom stereocenters. The number of pyridine rings is 4. The number of fused-ring (bicyclic) bond motifs is 8. The van der Waals surface area contributed by atoms with Gasteiger partial charge in [0.2, 0.25) is 21.7 Å². The van der Waals surface area contributed by atoms with E-state index < -0.39 is 75.4 Å². The van der Waals surface area contributed by atoms with Crippen LogP contribution in [0.25, 0.3) is 0 Å². The lowest BCUT2D eigenvalue weighted by atomic mass is 9.95. The second kappa shape index (κ2) is 46.4. The van der Waals surface area contributed by atoms with E-state index in [1.165, 1.54) is 91.4 Å². The Morgan fingerprint density at radius 3 is 0.986 bits per heavy atom. The summed E-state index contributed by atoms with van der Waals surface area (Å²) in [6, 6.07) is 75.9. The Hall–Kier alpha value is -15.0. The molecule has 9 N–H and O–H groups in total. The number of nitrogens with one attached hydrogen (secondary N) is 5. The lowest BCUT2D eigenvalue weighted by Crippen LogP contribution is -2.33. The number of methoxy groups -OCH3 is 2. The number of aromatic nitrogens is 4. The van der Waals surface area contributed by atoms with Crippen molar-refractivity contribution in [3.8, 4) is 46.0 Å². The fraction of sp³-hybridized carbons (Fsp3) is 0.143. The number of aliphatic hydroxyl groups excluding tert-OH is 1. The third kappa shape index (κ3) is 23.2. The number of hydrogen-bond donors (Lipinski definition) is 8. The Balaban J connectivity index is 0.000000137. The number of nitrogen functional groups attached to an aromatic ring is 1. The number of benzene rings is 11. The first-order valence-electron chi connectivity index (χ1n) is 43.5. The molecule has 726 valence electrons. The quantitative estimate of drug-likeness (QED) is 0.0275. The van der Waals surface area contributed by atoms with E-state index in [1.54, 1.807) is 48.5 Å². The zero-order chi connectivity index (χ0) is 101. The van der Waals surface area contributed by atoms with E-state index in [-0.39, 0.29) is 59.8 Å². The number of nitrogens with two attached hydrogens (primary N) is 1. The van der Waals surface area contributed by atoms with Crippen LogP contribution in [0, 0.1) is 0 Å². The SMILES string of the molecule is CNC(=O)c1c(O)c(=O)ccn1NC1c2ccccc2COc2cc(Cl)c(Cl)cc21.CNC(=O)c1c(OCc2ccccc2)c(=O)ccn1NC1c2ccccc2COc2cc(Cl)c(Cl)cc21.COC(=O)c1c(OCc2ccccc2)c(=O)ccn1N.COC(=O)c1c(OCc2ccccc2)c(=O)ccn1NC1c2ccccc2COc2cc(Cl)c(Cl)cc21.OC1c2ccccc2COc2cc(Cl)c(Cl)cc21. The van der Waals surface area contributed by atoms with E-state index in [1.807, 2.05) is 188 Å². The summed E-state index contributed by atoms with van der Waals surface area (Å²) in [6.45, 7) is 1.76. The molecule has 0 aliphatic carbocycles. The Kier molecular flexibility index (Phi) is 33.1. The summed E-state index contributed by atoms with van der Waals surface area (Å²) in [5, 5.41) is 28.7. The number of halogens is 8. The largest absolute Gasteiger partial charge is 0.502 e. The molecule has 0 bridgehead atoms. The van der Waals surface area contributed by atoms with Crippen molar-refractivity contribution in [3.63, 3.8) is 0 Å². The molecule has 142 heavy (non-hydrogen) atoms. The predicted octanol–water partition coefficient (Wildman–Crippen LogP) is 19.4. The van der Waals surface area contributed by atoms with E-state index in [4.69, 9.17) is 137 Å². The zero-order valence-corrected chi connectivity index (χ0v) is 81.7. The Morgan fingerprint density at radius 1 is 0.345 bits per heavy atom. The maximum absolute atomic E-state index is 13.1. The van der Waals surface area contributed by atoms with Crippen molar-refractivity contribution < 1.29 is 72.0 Å². The van der Waals surface area contributed by atoms with Crippen molar-refractivity contribution in [1.29, 1.82) is 0 Å². The highest BCUT2D eigenvalue weighted by molar-refractivity contribution is 6.43. The van der Waals surface area contributed by atoms with Gasteiger partial charge in [0.15, 0.2) is 45.8 Å². The molecule has 2 amide bonds. The van der Waals surface area contributed by atoms with Gasteiger partial charge < -0.3 is 85.6 Å². The molecule has 0 fully saturated rings. The number of amides is 2. The molecule has 0 radical (unpaired) electrons. The number of hydrogen-bond acceptors (Lipinski definition) is 23. The number of rotatable bonds is 19. The van der Waals surface area contributed by atoms with Crippen molar-refractivity contribution in [2.24, 2.45) is 0 Å². The van der Waals surface area contributed by atoms with Crippen LogP contribution in [-0.4, -0.2) is 81.0 Å². The predicted molar refractivity (Wildman–Crippen MR) is 543 cm³/mol. The zero-order valence-electron chi connectivity index (χ0n) is 75.6. The maximum atomic E-state index is 13.1. The first-order valence-corrected chi connectivity index (χ1v) is 46.5. The van der Waals surface area contributed by atoms with E-state index in [9.17, 15) is 48.6 Å². The summed E-state index contributed by atoms with van der Waals surface area (Å²) in [5.41, 5.74) is 20.3. The number of carbonyl (C=O) groups is 4. The minimum atomic E-state index is -0.742. The molecule has 11 aromatic carbocycles. The summed E-state index contributed by atoms with van der Waals surface area (Å²) in [7, 11) is 5.37. The molecule has 4 aliphatic rings. The van der Waals surface area contributed by atoms with Crippen molar-refractivity contribution >= 4 is 117 Å². The van der Waals surface area contributed by atoms with Gasteiger partial charge >= 0.3 is 11.9 Å². The Labute approximate surface area is 851 Å². The second-order valence-electron chi connectivity index (χ2n) is 31.7. The number of carbonyl (C=O) groups excluding carboxylic acids is 4. The van der Waals surface area contributed by atoms with Gasteiger partial charge in [0, 0.05) is 110 Å². The summed E-state index contributed by atoms with van der Waals surface area (Å²) in [4.78, 5) is 99.5. The van der Waals surface area contributed by atoms with Crippen LogP contribution in [0.5, 0.6) is 46.0 Å². The number of nitrogens with zero attached hydrogens (tertiary/aromatic N) is 4. The van der Waals surface area contributed by atoms with Crippen LogP contribution >= 0.6 is 92.8 Å². The monoisotopic (exact) mass is 2070 g/mol. The normalized spacial score (nSPS) is 14.0. The first kappa shape index (κ1) is 101. The molecular formula is C105H86Cl8N10O19. The minimum Gasteiger partial charge on any atom is -0.502 e. The van der Waals surface area contributed by atoms with E-state index in [0.29, 0.717) is 106 Å². The summed E-state index contributed by atoms with van der Waals surface area (Å²) in [6.07, 6.45) is 4.90. The van der Waals surface area contributed by atoms with Gasteiger partial charge in [0.05, 0.1) is 72.5 Å². The Bertz CT molecular complexity index is 7280. The van der Waals surface area contributed by atoms with Crippen LogP contribution in [0.3, 0.4) is 0 Å². The molecule has 4 aliphatic heterocycles. The molecule has 15 aromatic rings. The molecule has 19 rings (SSSR count). The summed E-state index contributed by atoms with van der Waals surface area (Å²) in [5.74, 6) is 4.31. The summed E-state index contributed by atoms with van der Waals surface area (Å²) < 4.78 is 55.9. The molecule has 4 atom stereocenters. The van der Waals surface area contributed by atoms with Crippen LogP contribution < -0.4 is 87.6 Å². The number of aromatic hydroxyl groups is 1. The molecule has 0 spiro atoms. The first-order chi connectivity index (χ1) is 68.6. The van der Waals surface area contributed by atoms with Crippen molar-refractivity contribution in [2.45, 2.75) is 70.5 Å². The van der Waals surface area contributed by atoms with Gasteiger partial charge in [-0.2, -0.15) is 0 Å². The smallest absolute Gasteiger partial charge is 0.360 e. The van der Waals surface area contributed by atoms with Crippen LogP contribution in [-0.2, 0) is 55.7 Å². The lowest BCUT2D eigenvalue weighted by Gasteiger charge is -2.26. The highest BCUT2D eigenvalue weighted by Crippen LogP contribution is 2.46. The third-order valence-corrected chi connectivity index (χ3v) is 25.7. The van der Waals surface area contributed by atoms with Crippen molar-refractivity contribution in [1.82, 2.24) is 29.3 Å². The topological polar surface area (TPSA) is 366 Å². The van der Waals surface area contributed by atoms with Crippen molar-refractivity contribution in [2.75, 3.05) is 50.4 Å². The molecule has 0 saturated carbocycles. The van der Waals surface area contributed by atoms with Gasteiger partial charge in [-0.3, -0.25) is 47.5 Å². The van der Waals surface area contributed by atoms with Crippen LogP contribution in [0.1, 0.15) is 150 Å². The number of esters is 2. The molecule has 0 saturated heterocycles. The average molecular weight is 2080 g/mol. The third-order valence-electron chi connectivity index (χ3n) is 22.8. The molecule has 37 heteroatoms. The summed E-state index contributed by atoms with van der Waals surface area (Å²) >= 11 is 49.8. The fourth-order valence-corrected chi connectivity index (χ4v) is 17.0. The van der Waals surface area contributed by atoms with Gasteiger partial charge in [0.25, 0.3) is 11.8 Å². The van der Waals surface area contributed by atoms with E-state index in [2.05, 4.69) is 31.6 Å². The average Bonchev–Trinajstić information content (AvgIpc) is 1.56. The Morgan fingerprint density at radius 2 is 0.620 bits per heavy atom. The fourth-order valence-electron chi connectivity index (χ4n) is 15.7. The van der Waals surface area contributed by atoms with Gasteiger partial charge in [0.1, 0.15) is 75.4 Å². The van der Waals surface area contributed by atoms with Gasteiger partial charge in [-0.1, -0.05) is 281 Å². The molecule has 4 aromatic heterocycles. The number of ether oxygens (including phenoxy) is 9. The minimum absolute atomic E-state index is 0.0372. The van der Waals surface area contributed by atoms with Crippen molar-refractivity contribution in [3.05, 3.63) is 473 Å². The maximum Gasteiger partial charge on any atom is 0.360 e. The van der Waals surface area contributed by atoms with E-state index in [0.717, 1.165) is 71.4 Å². The number of aliphatic hydroxyl groups is 1. The highest BCUT2D eigenvalue weighted by Gasteiger charge is 2.35.